The van der Waals surface area contributed by atoms with Gasteiger partial charge in [-0.15, -0.1) is 0 Å². The van der Waals surface area contributed by atoms with Gasteiger partial charge in [-0.05, 0) is 129 Å². The second kappa shape index (κ2) is 13.7. The zero-order valence-electron chi connectivity index (χ0n) is 30.9. The van der Waals surface area contributed by atoms with Crippen LogP contribution in [0.5, 0.6) is 5.88 Å². The molecule has 2 aromatic carbocycles. The maximum absolute atomic E-state index is 14.5. The van der Waals surface area contributed by atoms with Crippen LogP contribution in [0.2, 0.25) is 0 Å². The Morgan fingerprint density at radius 1 is 0.768 bits per heavy atom. The molecule has 0 saturated carbocycles. The highest BCUT2D eigenvalue weighted by Gasteiger charge is 2.52. The molecule has 19 heteroatoms. The number of sulfonamides is 2. The molecule has 4 heterocycles. The molecule has 2 fully saturated rings. The van der Waals surface area contributed by atoms with Crippen LogP contribution in [0.25, 0.3) is 5.53 Å². The monoisotopic (exact) mass is 807 g/mol. The molecule has 3 aliphatic heterocycles. The molecule has 7 aliphatic rings. The second-order valence-corrected chi connectivity index (χ2v) is 19.2. The molecule has 2 saturated heterocycles. The van der Waals surface area contributed by atoms with Gasteiger partial charge in [0.2, 0.25) is 16.3 Å². The van der Waals surface area contributed by atoms with Crippen molar-refractivity contribution in [3.8, 4) is 5.88 Å². The first-order chi connectivity index (χ1) is 27.1. The first-order valence-electron chi connectivity index (χ1n) is 19.7. The van der Waals surface area contributed by atoms with Crippen LogP contribution >= 0.6 is 0 Å². The van der Waals surface area contributed by atoms with Crippen molar-refractivity contribution in [2.75, 3.05) is 30.4 Å². The number of imidazole rings is 1. The smallest absolute Gasteiger partial charge is 0.333 e. The van der Waals surface area contributed by atoms with Crippen molar-refractivity contribution >= 4 is 43.5 Å². The maximum atomic E-state index is 14.5. The molecule has 0 radical (unpaired) electrons. The number of hydrogen-bond donors (Lipinski definition) is 5. The van der Waals surface area contributed by atoms with E-state index in [1.165, 1.54) is 17.5 Å². The number of carbonyl (C=O) groups excluding carboxylic acids is 2. The number of ether oxygens (including phenoxy) is 2. The number of rotatable bonds is 7. The Morgan fingerprint density at radius 2 is 1.41 bits per heavy atom. The van der Waals surface area contributed by atoms with Crippen LogP contribution in [-0.4, -0.2) is 74.8 Å². The third-order valence-corrected chi connectivity index (χ3v) is 15.3. The molecule has 4 unspecified atom stereocenters. The van der Waals surface area contributed by atoms with Crippen molar-refractivity contribution in [2.24, 2.45) is 0 Å². The normalized spacial score (nSPS) is 25.0. The van der Waals surface area contributed by atoms with E-state index < -0.39 is 49.8 Å². The lowest BCUT2D eigenvalue weighted by molar-refractivity contribution is -0.901. The molecule has 56 heavy (non-hydrogen) atoms. The van der Waals surface area contributed by atoms with E-state index in [0.29, 0.717) is 62.7 Å². The van der Waals surface area contributed by atoms with E-state index in [2.05, 4.69) is 37.2 Å². The van der Waals surface area contributed by atoms with Gasteiger partial charge in [0, 0.05) is 29.9 Å². The van der Waals surface area contributed by atoms with Crippen molar-refractivity contribution in [1.82, 2.24) is 24.0 Å². The molecule has 4 atom stereocenters. The lowest BCUT2D eigenvalue weighted by Gasteiger charge is -2.36. The molecule has 3 aromatic rings. The summed E-state index contributed by atoms with van der Waals surface area (Å²) in [6.07, 6.45) is 10.8. The highest BCUT2D eigenvalue weighted by molar-refractivity contribution is 7.90. The molecule has 298 valence electrons. The minimum atomic E-state index is -4.38. The largest absolute Gasteiger partial charge is 0.477 e. The van der Waals surface area contributed by atoms with Crippen molar-refractivity contribution in [3.63, 3.8) is 0 Å². The summed E-state index contributed by atoms with van der Waals surface area (Å²) >= 11 is 0. The third-order valence-electron chi connectivity index (χ3n) is 12.4. The Morgan fingerprint density at radius 3 is 2.12 bits per heavy atom. The lowest BCUT2D eigenvalue weighted by Crippen LogP contribution is -3.12. The summed E-state index contributed by atoms with van der Waals surface area (Å²) in [6.45, 7) is 1.78. The number of anilines is 2. The molecule has 4 amide bonds. The van der Waals surface area contributed by atoms with Gasteiger partial charge in [-0.2, -0.15) is 16.8 Å². The van der Waals surface area contributed by atoms with E-state index in [9.17, 15) is 26.4 Å². The van der Waals surface area contributed by atoms with Gasteiger partial charge in [0.1, 0.15) is 6.04 Å². The summed E-state index contributed by atoms with van der Waals surface area (Å²) in [4.78, 5) is 31.2. The lowest BCUT2D eigenvalue weighted by atomic mass is 9.97. The van der Waals surface area contributed by atoms with E-state index in [-0.39, 0.29) is 10.9 Å². The minimum Gasteiger partial charge on any atom is -0.477 e. The van der Waals surface area contributed by atoms with Gasteiger partial charge >= 0.3 is 12.1 Å². The fraction of sp³-hybridized carbons (Fsp3) is 0.541. The minimum absolute atomic E-state index is 0.0991. The van der Waals surface area contributed by atoms with Gasteiger partial charge in [-0.3, -0.25) is 0 Å². The Balaban J connectivity index is 0.929. The number of hydrogen-bond acceptors (Lipinski definition) is 10. The summed E-state index contributed by atoms with van der Waals surface area (Å²) < 4.78 is 73.3. The van der Waals surface area contributed by atoms with Gasteiger partial charge < -0.3 is 40.2 Å². The average Bonchev–Trinajstić information content (AvgIpc) is 4.01. The third kappa shape index (κ3) is 6.05. The summed E-state index contributed by atoms with van der Waals surface area (Å²) in [5, 5.41) is 6.28. The van der Waals surface area contributed by atoms with Crippen LogP contribution < -0.4 is 29.8 Å². The molecule has 4 aliphatic carbocycles. The molecule has 17 nitrogen and oxygen atoms in total. The van der Waals surface area contributed by atoms with Crippen molar-refractivity contribution in [2.45, 2.75) is 113 Å². The first kappa shape index (κ1) is 36.1. The van der Waals surface area contributed by atoms with Crippen LogP contribution in [0.1, 0.15) is 89.1 Å². The van der Waals surface area contributed by atoms with Crippen LogP contribution in [0.3, 0.4) is 0 Å². The van der Waals surface area contributed by atoms with E-state index in [1.807, 2.05) is 0 Å². The van der Waals surface area contributed by atoms with Crippen molar-refractivity contribution in [3.05, 3.63) is 68.5 Å². The summed E-state index contributed by atoms with van der Waals surface area (Å²) in [7, 11) is -8.75. The Labute approximate surface area is 324 Å². The number of nitrogens with zero attached hydrogens (tertiary/aromatic N) is 4. The SMILES string of the molecule is O=C(Nc1c2c(cc3c1CCC3[NH+]1[N-]N3CCCOC3C1S(=O)(=O)NC(=O)Nc1c3c(cc4c1CCC4)CCC3)CCC2)NS(=O)(=O)c1ncn2c1OCCC2. The fourth-order valence-corrected chi connectivity index (χ4v) is 12.5. The molecule has 5 N–H and O–H groups in total. The van der Waals surface area contributed by atoms with Crippen LogP contribution in [-0.2, 0) is 76.3 Å². The van der Waals surface area contributed by atoms with Crippen LogP contribution in [0.15, 0.2) is 23.5 Å². The zero-order chi connectivity index (χ0) is 38.3. The predicted octanol–water partition coefficient (Wildman–Crippen LogP) is 2.26. The number of carbonyl (C=O) groups is 2. The van der Waals surface area contributed by atoms with Crippen molar-refractivity contribution < 1.29 is 40.9 Å². The Bertz CT molecular complexity index is 2350. The number of benzene rings is 2. The quantitative estimate of drug-likeness (QED) is 0.235. The Kier molecular flexibility index (Phi) is 8.82. The molecular formula is C37H45N9O8S2. The highest BCUT2D eigenvalue weighted by Crippen LogP contribution is 2.43. The Hall–Kier alpha value is -4.27. The molecule has 0 spiro atoms. The molecule has 0 bridgehead atoms. The number of aromatic nitrogens is 2. The summed E-state index contributed by atoms with van der Waals surface area (Å²) in [5.74, 6) is 0.0991. The van der Waals surface area contributed by atoms with E-state index >= 15 is 0 Å². The van der Waals surface area contributed by atoms with Gasteiger partial charge in [-0.25, -0.2) is 24.0 Å². The molecule has 1 aromatic heterocycles. The van der Waals surface area contributed by atoms with Gasteiger partial charge in [0.15, 0.2) is 6.23 Å². The number of amides is 4. The topological polar surface area (TPSA) is 209 Å². The number of nitrogens with one attached hydrogen (secondary N) is 5. The highest BCUT2D eigenvalue weighted by atomic mass is 32.2. The number of urea groups is 2. The zero-order valence-corrected chi connectivity index (χ0v) is 32.5. The maximum Gasteiger partial charge on any atom is 0.333 e. The first-order valence-corrected chi connectivity index (χ1v) is 22.7. The fourth-order valence-electron chi connectivity index (χ4n) is 10.1. The second-order valence-electron chi connectivity index (χ2n) is 15.8. The molecular weight excluding hydrogens is 763 g/mol. The summed E-state index contributed by atoms with van der Waals surface area (Å²) in [5.41, 5.74) is 14.4. The standard InChI is InChI=1S/C37H45N9O8S2/c47-36(41-55(49,50)32-33-44(20-38-32)14-4-16-53-33)40-31-26-11-3-8-23(26)19-28-27(31)12-13-29(28)46-35(34-45(43-46)15-5-17-54-34)56(51,52)42-37(48)39-30-24-9-1-6-21(24)18-22-7-2-10-25(22)30/h18-20,29,34-35,46H,1-17H2,(H2,39,42,48)(H2,40,41,47). The van der Waals surface area contributed by atoms with E-state index in [4.69, 9.17) is 15.0 Å². The predicted molar refractivity (Wildman–Crippen MR) is 202 cm³/mol. The van der Waals surface area contributed by atoms with Gasteiger partial charge in [-0.1, -0.05) is 6.07 Å². The summed E-state index contributed by atoms with van der Waals surface area (Å²) in [6, 6.07) is 2.17. The van der Waals surface area contributed by atoms with Crippen LogP contribution in [0.4, 0.5) is 21.0 Å². The number of aryl methyl sites for hydroxylation is 4. The van der Waals surface area contributed by atoms with Crippen LogP contribution in [0, 0.1) is 0 Å². The number of quaternary nitrogens is 1. The van der Waals surface area contributed by atoms with E-state index in [0.717, 1.165) is 96.9 Å². The molecule has 10 rings (SSSR count). The average molecular weight is 808 g/mol. The van der Waals surface area contributed by atoms with E-state index in [1.54, 1.807) is 9.58 Å². The van der Waals surface area contributed by atoms with Crippen molar-refractivity contribution in [1.29, 1.82) is 0 Å². The van der Waals surface area contributed by atoms with Gasteiger partial charge in [0.05, 0.1) is 19.5 Å². The number of fused-ring (bicyclic) bond motifs is 6. The van der Waals surface area contributed by atoms with Gasteiger partial charge in [0.25, 0.3) is 20.0 Å².